The summed E-state index contributed by atoms with van der Waals surface area (Å²) >= 11 is 0. The van der Waals surface area contributed by atoms with E-state index in [2.05, 4.69) is 33.0 Å². The highest BCUT2D eigenvalue weighted by Gasteiger charge is 2.51. The van der Waals surface area contributed by atoms with Gasteiger partial charge in [-0.2, -0.15) is 0 Å². The normalized spacial score (nSPS) is 22.0. The van der Waals surface area contributed by atoms with Crippen LogP contribution in [0.4, 0.5) is 11.5 Å². The minimum Gasteiger partial charge on any atom is -0.495 e. The summed E-state index contributed by atoms with van der Waals surface area (Å²) in [5.74, 6) is 0.477. The van der Waals surface area contributed by atoms with Gasteiger partial charge in [0.1, 0.15) is 11.5 Å². The number of hydrogen-bond acceptors (Lipinski definition) is 9. The summed E-state index contributed by atoms with van der Waals surface area (Å²) in [5, 5.41) is 4.21. The number of aromatic nitrogens is 1. The van der Waals surface area contributed by atoms with Crippen molar-refractivity contribution >= 4 is 27.4 Å². The van der Waals surface area contributed by atoms with E-state index in [0.717, 1.165) is 42.7 Å². The Morgan fingerprint density at radius 3 is 2.30 bits per heavy atom. The number of anilines is 2. The van der Waals surface area contributed by atoms with Crippen LogP contribution in [-0.2, 0) is 26.6 Å². The Morgan fingerprint density at radius 2 is 1.72 bits per heavy atom. The lowest BCUT2D eigenvalue weighted by Gasteiger charge is -2.35. The molecule has 0 bridgehead atoms. The van der Waals surface area contributed by atoms with Crippen LogP contribution < -0.4 is 19.1 Å². The Bertz CT molecular complexity index is 1680. The molecule has 7 rings (SSSR count). The first kappa shape index (κ1) is 28.0. The van der Waals surface area contributed by atoms with E-state index in [0.29, 0.717) is 25.3 Å². The lowest BCUT2D eigenvalue weighted by atomic mass is 9.79. The summed E-state index contributed by atoms with van der Waals surface area (Å²) in [5.41, 5.74) is 4.33. The zero-order chi connectivity index (χ0) is 30.1. The van der Waals surface area contributed by atoms with E-state index in [1.165, 1.54) is 38.3 Å². The van der Waals surface area contributed by atoms with Gasteiger partial charge in [-0.1, -0.05) is 11.2 Å². The fourth-order valence-electron chi connectivity index (χ4n) is 6.72. The number of sulfonamides is 1. The first-order chi connectivity index (χ1) is 20.6. The van der Waals surface area contributed by atoms with E-state index < -0.39 is 10.0 Å². The van der Waals surface area contributed by atoms with Crippen molar-refractivity contribution in [2.45, 2.75) is 62.0 Å². The molecular weight excluding hydrogens is 572 g/mol. The van der Waals surface area contributed by atoms with Gasteiger partial charge >= 0.3 is 0 Å². The number of rotatable bonds is 7. The predicted octanol–water partition coefficient (Wildman–Crippen LogP) is 4.21. The summed E-state index contributed by atoms with van der Waals surface area (Å²) < 4.78 is 53.2. The van der Waals surface area contributed by atoms with Crippen LogP contribution in [0.2, 0.25) is 0 Å². The molecule has 2 aliphatic carbocycles. The Morgan fingerprint density at radius 1 is 1.05 bits per heavy atom. The fourth-order valence-corrected chi connectivity index (χ4v) is 8.05. The maximum atomic E-state index is 14.0. The number of methoxy groups -OCH3 is 2. The molecule has 1 saturated carbocycles. The maximum Gasteiger partial charge on any atom is 0.270 e. The van der Waals surface area contributed by atoms with Crippen LogP contribution in [0.15, 0.2) is 39.8 Å². The number of nitrogens with zero attached hydrogens (tertiary/aromatic N) is 3. The van der Waals surface area contributed by atoms with Gasteiger partial charge in [0.15, 0.2) is 16.5 Å². The second-order valence-electron chi connectivity index (χ2n) is 12.1. The molecule has 3 heterocycles. The molecule has 228 valence electrons. The SMILES string of the molecule is COc1cc(C(=O)N2C[C@@H](C)O[C@H](C)C2)cc(OC)c1S(=O)(=O)Nc1noc2c1CC1(CC1)c1ccc(N3CCC3)cc1-2. The molecule has 3 aromatic rings. The number of ether oxygens (including phenoxy) is 3. The van der Waals surface area contributed by atoms with Crippen molar-refractivity contribution in [3.63, 3.8) is 0 Å². The van der Waals surface area contributed by atoms with E-state index in [4.69, 9.17) is 18.7 Å². The van der Waals surface area contributed by atoms with Crippen LogP contribution in [0.1, 0.15) is 54.6 Å². The van der Waals surface area contributed by atoms with Crippen LogP contribution in [0, 0.1) is 0 Å². The number of carbonyl (C=O) groups is 1. The van der Waals surface area contributed by atoms with Crippen molar-refractivity contribution in [2.24, 2.45) is 0 Å². The summed E-state index contributed by atoms with van der Waals surface area (Å²) in [7, 11) is -1.55. The monoisotopic (exact) mass is 608 g/mol. The number of benzene rings is 2. The number of fused-ring (bicyclic) bond motifs is 4. The highest BCUT2D eigenvalue weighted by atomic mass is 32.2. The van der Waals surface area contributed by atoms with Crippen molar-refractivity contribution in [2.75, 3.05) is 50.0 Å². The second-order valence-corrected chi connectivity index (χ2v) is 13.8. The molecule has 2 aromatic carbocycles. The lowest BCUT2D eigenvalue weighted by Crippen LogP contribution is -2.48. The van der Waals surface area contributed by atoms with E-state index in [1.54, 1.807) is 4.90 Å². The van der Waals surface area contributed by atoms with Gasteiger partial charge < -0.3 is 28.5 Å². The van der Waals surface area contributed by atoms with E-state index in [1.807, 2.05) is 13.8 Å². The Kier molecular flexibility index (Phi) is 6.62. The molecule has 4 aliphatic rings. The molecule has 1 aromatic heterocycles. The van der Waals surface area contributed by atoms with Crippen molar-refractivity contribution < 1.29 is 31.9 Å². The van der Waals surface area contributed by atoms with E-state index in [9.17, 15) is 13.2 Å². The third-order valence-corrected chi connectivity index (χ3v) is 10.5. The largest absolute Gasteiger partial charge is 0.495 e. The highest BCUT2D eigenvalue weighted by Crippen LogP contribution is 2.59. The minimum absolute atomic E-state index is 0.00915. The molecule has 1 N–H and O–H groups in total. The zero-order valence-electron chi connectivity index (χ0n) is 24.8. The predicted molar refractivity (Wildman–Crippen MR) is 160 cm³/mol. The number of carbonyl (C=O) groups excluding carboxylic acids is 1. The van der Waals surface area contributed by atoms with Crippen LogP contribution in [0.5, 0.6) is 11.5 Å². The van der Waals surface area contributed by atoms with Gasteiger partial charge in [0.25, 0.3) is 15.9 Å². The number of hydrogen-bond donors (Lipinski definition) is 1. The van der Waals surface area contributed by atoms with Gasteiger partial charge in [0, 0.05) is 54.0 Å². The van der Waals surface area contributed by atoms with Crippen LogP contribution >= 0.6 is 0 Å². The second kappa shape index (κ2) is 10.2. The van der Waals surface area contributed by atoms with Crippen LogP contribution in [-0.4, -0.2) is 77.0 Å². The molecule has 3 fully saturated rings. The molecule has 2 saturated heterocycles. The van der Waals surface area contributed by atoms with Crippen molar-refractivity contribution in [3.8, 4) is 22.8 Å². The van der Waals surface area contributed by atoms with Crippen molar-refractivity contribution in [1.82, 2.24) is 10.1 Å². The highest BCUT2D eigenvalue weighted by molar-refractivity contribution is 7.93. The molecule has 43 heavy (non-hydrogen) atoms. The van der Waals surface area contributed by atoms with Gasteiger partial charge in [0.05, 0.1) is 26.4 Å². The van der Waals surface area contributed by atoms with Gasteiger partial charge in [-0.15, -0.1) is 0 Å². The fraction of sp³-hybridized carbons (Fsp3) is 0.484. The molecule has 0 radical (unpaired) electrons. The summed E-state index contributed by atoms with van der Waals surface area (Å²) in [6.45, 7) is 6.73. The van der Waals surface area contributed by atoms with Gasteiger partial charge in [-0.05, 0) is 69.4 Å². The van der Waals surface area contributed by atoms with E-state index >= 15 is 0 Å². The lowest BCUT2D eigenvalue weighted by molar-refractivity contribution is -0.0586. The summed E-state index contributed by atoms with van der Waals surface area (Å²) in [6, 6.07) is 9.40. The molecule has 1 amide bonds. The molecule has 2 atom stereocenters. The number of amides is 1. The number of nitrogens with one attached hydrogen (secondary N) is 1. The molecule has 2 aliphatic heterocycles. The molecule has 1 spiro atoms. The third kappa shape index (κ3) is 4.71. The van der Waals surface area contributed by atoms with Crippen LogP contribution in [0.3, 0.4) is 0 Å². The summed E-state index contributed by atoms with van der Waals surface area (Å²) in [6.07, 6.45) is 3.64. The van der Waals surface area contributed by atoms with Gasteiger partial charge in [-0.3, -0.25) is 9.52 Å². The minimum atomic E-state index is -4.27. The zero-order valence-corrected chi connectivity index (χ0v) is 25.6. The van der Waals surface area contributed by atoms with Gasteiger partial charge in [0.2, 0.25) is 0 Å². The third-order valence-electron chi connectivity index (χ3n) is 9.11. The molecule has 12 heteroatoms. The Labute approximate surface area is 251 Å². The van der Waals surface area contributed by atoms with Crippen molar-refractivity contribution in [3.05, 3.63) is 47.0 Å². The molecule has 11 nitrogen and oxygen atoms in total. The quantitative estimate of drug-likeness (QED) is 0.420. The Balaban J connectivity index is 1.23. The first-order valence-corrected chi connectivity index (χ1v) is 16.2. The smallest absolute Gasteiger partial charge is 0.270 e. The topological polar surface area (TPSA) is 123 Å². The average molecular weight is 609 g/mol. The number of morpholine rings is 1. The van der Waals surface area contributed by atoms with Gasteiger partial charge in [-0.25, -0.2) is 8.42 Å². The van der Waals surface area contributed by atoms with Crippen molar-refractivity contribution in [1.29, 1.82) is 0 Å². The average Bonchev–Trinajstić information content (AvgIpc) is 3.62. The molecule has 0 unspecified atom stereocenters. The standard InChI is InChI=1S/C31H36N4O7S/c1-18-16-35(17-19(2)41-18)30(36)20-12-25(39-3)28(26(13-20)40-4)43(37,38)33-29-23-15-31(8-9-31)24-7-6-21(34-10-5-11-34)14-22(24)27(23)42-32-29/h6-7,12-14,18-19H,5,8-11,15-17H2,1-4H3,(H,32,33)/t18-,19-/m1/s1. The van der Waals surface area contributed by atoms with E-state index in [-0.39, 0.29) is 51.3 Å². The first-order valence-electron chi connectivity index (χ1n) is 14.7. The molecular formula is C31H36N4O7S. The maximum absolute atomic E-state index is 14.0. The van der Waals surface area contributed by atoms with Crippen LogP contribution in [0.25, 0.3) is 11.3 Å². The summed E-state index contributed by atoms with van der Waals surface area (Å²) in [4.78, 5) is 17.2. The Hall–Kier alpha value is -3.77.